The van der Waals surface area contributed by atoms with Gasteiger partial charge in [0.05, 0.1) is 5.92 Å². The first-order valence-corrected chi connectivity index (χ1v) is 8.52. The van der Waals surface area contributed by atoms with E-state index in [-0.39, 0.29) is 0 Å². The molecule has 1 aliphatic heterocycles. The van der Waals surface area contributed by atoms with E-state index in [4.69, 9.17) is 4.42 Å². The summed E-state index contributed by atoms with van der Waals surface area (Å²) in [5, 5.41) is 8.56. The van der Waals surface area contributed by atoms with Crippen molar-refractivity contribution in [3.63, 3.8) is 0 Å². The van der Waals surface area contributed by atoms with Gasteiger partial charge in [0.15, 0.2) is 0 Å². The highest BCUT2D eigenvalue weighted by molar-refractivity contribution is 5.58. The number of likely N-dealkylation sites (tertiary alicyclic amines) is 1. The summed E-state index contributed by atoms with van der Waals surface area (Å²) in [6, 6.07) is 8.24. The first-order chi connectivity index (χ1) is 11.2. The summed E-state index contributed by atoms with van der Waals surface area (Å²) in [6.45, 7) is 3.48. The third kappa shape index (κ3) is 3.24. The lowest BCUT2D eigenvalue weighted by Crippen LogP contribution is -2.22. The molecule has 1 atom stereocenters. The predicted octanol–water partition coefficient (Wildman–Crippen LogP) is 3.00. The molecule has 23 heavy (non-hydrogen) atoms. The Bertz CT molecular complexity index is 660. The average Bonchev–Trinajstić information content (AvgIpc) is 3.04. The van der Waals surface area contributed by atoms with Gasteiger partial charge in [-0.2, -0.15) is 0 Å². The van der Waals surface area contributed by atoms with Gasteiger partial charge in [-0.05, 0) is 56.0 Å². The lowest BCUT2D eigenvalue weighted by molar-refractivity contribution is 0.314. The summed E-state index contributed by atoms with van der Waals surface area (Å²) in [6.07, 6.45) is 3.96. The molecule has 1 saturated carbocycles. The van der Waals surface area contributed by atoms with Crippen LogP contribution in [0.15, 0.2) is 28.7 Å². The maximum Gasteiger partial charge on any atom is 0.247 e. The molecule has 0 amide bonds. The topological polar surface area (TPSA) is 45.4 Å². The van der Waals surface area contributed by atoms with E-state index in [2.05, 4.69) is 32.1 Å². The van der Waals surface area contributed by atoms with Crippen LogP contribution in [0.2, 0.25) is 0 Å². The van der Waals surface area contributed by atoms with Gasteiger partial charge in [-0.25, -0.2) is 0 Å². The van der Waals surface area contributed by atoms with Gasteiger partial charge in [0.25, 0.3) is 0 Å². The molecule has 4 rings (SSSR count). The lowest BCUT2D eigenvalue weighted by atomic mass is 10.1. The number of rotatable bonds is 5. The molecule has 5 nitrogen and oxygen atoms in total. The average molecular weight is 312 g/mol. The second-order valence-electron chi connectivity index (χ2n) is 7.08. The van der Waals surface area contributed by atoms with Crippen molar-refractivity contribution in [3.8, 4) is 11.5 Å². The number of aromatic nitrogens is 2. The maximum absolute atomic E-state index is 5.96. The first kappa shape index (κ1) is 14.7. The van der Waals surface area contributed by atoms with Gasteiger partial charge in [0, 0.05) is 38.4 Å². The van der Waals surface area contributed by atoms with Gasteiger partial charge in [0.1, 0.15) is 0 Å². The van der Waals surface area contributed by atoms with Crippen LogP contribution in [-0.4, -0.2) is 48.8 Å². The van der Waals surface area contributed by atoms with Crippen molar-refractivity contribution < 1.29 is 4.42 Å². The largest absolute Gasteiger partial charge is 0.420 e. The molecule has 2 heterocycles. The van der Waals surface area contributed by atoms with E-state index >= 15 is 0 Å². The number of hydrogen-bond acceptors (Lipinski definition) is 5. The zero-order valence-electron chi connectivity index (χ0n) is 13.9. The fraction of sp³-hybridized carbons (Fsp3) is 0.556. The smallest absolute Gasteiger partial charge is 0.247 e. The summed E-state index contributed by atoms with van der Waals surface area (Å²) in [5.41, 5.74) is 2.15. The molecule has 2 aromatic rings. The van der Waals surface area contributed by atoms with Gasteiger partial charge in [-0.1, -0.05) is 0 Å². The van der Waals surface area contributed by atoms with E-state index in [0.29, 0.717) is 11.8 Å². The minimum Gasteiger partial charge on any atom is -0.420 e. The molecule has 5 heteroatoms. The zero-order valence-corrected chi connectivity index (χ0v) is 13.9. The second-order valence-corrected chi connectivity index (χ2v) is 7.08. The molecule has 0 N–H and O–H groups in total. The Morgan fingerprint density at radius 1 is 1.13 bits per heavy atom. The normalized spacial score (nSPS) is 21.7. The second kappa shape index (κ2) is 5.96. The van der Waals surface area contributed by atoms with Crippen LogP contribution in [0.5, 0.6) is 0 Å². The minimum absolute atomic E-state index is 0.399. The first-order valence-electron chi connectivity index (χ1n) is 8.52. The summed E-state index contributed by atoms with van der Waals surface area (Å²) in [4.78, 5) is 4.63. The number of anilines is 1. The van der Waals surface area contributed by atoms with Crippen molar-refractivity contribution in [3.05, 3.63) is 30.2 Å². The van der Waals surface area contributed by atoms with Crippen LogP contribution < -0.4 is 4.90 Å². The van der Waals surface area contributed by atoms with E-state index in [9.17, 15) is 0 Å². The Morgan fingerprint density at radius 3 is 2.61 bits per heavy atom. The van der Waals surface area contributed by atoms with Crippen molar-refractivity contribution in [1.82, 2.24) is 15.1 Å². The van der Waals surface area contributed by atoms with Gasteiger partial charge >= 0.3 is 0 Å². The highest BCUT2D eigenvalue weighted by atomic mass is 16.4. The number of hydrogen-bond donors (Lipinski definition) is 0. The van der Waals surface area contributed by atoms with E-state index in [1.807, 2.05) is 26.2 Å². The molecule has 2 aliphatic rings. The fourth-order valence-corrected chi connectivity index (χ4v) is 3.28. The SMILES string of the molecule is CN(C)c1ccc(-c2nnc(C3CCN(CC4CC4)C3)o2)cc1. The van der Waals surface area contributed by atoms with Gasteiger partial charge in [-0.15, -0.1) is 10.2 Å². The molecule has 0 spiro atoms. The highest BCUT2D eigenvalue weighted by Gasteiger charge is 2.32. The van der Waals surface area contributed by atoms with Crippen molar-refractivity contribution in [1.29, 1.82) is 0 Å². The molecule has 1 unspecified atom stereocenters. The third-order valence-electron chi connectivity index (χ3n) is 4.91. The van der Waals surface area contributed by atoms with Crippen LogP contribution in [0.1, 0.15) is 31.1 Å². The molecule has 2 fully saturated rings. The number of nitrogens with zero attached hydrogens (tertiary/aromatic N) is 4. The lowest BCUT2D eigenvalue weighted by Gasteiger charge is -2.13. The summed E-state index contributed by atoms with van der Waals surface area (Å²) in [5.74, 6) is 2.78. The van der Waals surface area contributed by atoms with Crippen molar-refractivity contribution in [2.24, 2.45) is 5.92 Å². The standard InChI is InChI=1S/C18H24N4O/c1-21(2)16-7-5-14(6-8-16)17-19-20-18(23-17)15-9-10-22(12-15)11-13-3-4-13/h5-8,13,15H,3-4,9-12H2,1-2H3. The molecular formula is C18H24N4O. The van der Waals surface area contributed by atoms with Crippen LogP contribution >= 0.6 is 0 Å². The van der Waals surface area contributed by atoms with Crippen molar-refractivity contribution in [2.45, 2.75) is 25.2 Å². The molecule has 1 aliphatic carbocycles. The molecule has 1 aromatic carbocycles. The molecule has 122 valence electrons. The van der Waals surface area contributed by atoms with Crippen LogP contribution in [-0.2, 0) is 0 Å². The Morgan fingerprint density at radius 2 is 1.91 bits per heavy atom. The highest BCUT2D eigenvalue weighted by Crippen LogP contribution is 2.34. The van der Waals surface area contributed by atoms with Crippen molar-refractivity contribution >= 4 is 5.69 Å². The third-order valence-corrected chi connectivity index (χ3v) is 4.91. The van der Waals surface area contributed by atoms with Gasteiger partial charge in [-0.3, -0.25) is 0 Å². The Balaban J connectivity index is 1.44. The van der Waals surface area contributed by atoms with Crippen LogP contribution in [0.4, 0.5) is 5.69 Å². The van der Waals surface area contributed by atoms with Crippen molar-refractivity contribution in [2.75, 3.05) is 38.6 Å². The molecule has 0 radical (unpaired) electrons. The molecule has 0 bridgehead atoms. The predicted molar refractivity (Wildman–Crippen MR) is 90.6 cm³/mol. The molecule has 1 saturated heterocycles. The van der Waals surface area contributed by atoms with Crippen LogP contribution in [0.25, 0.3) is 11.5 Å². The Hall–Kier alpha value is -1.88. The van der Waals surface area contributed by atoms with Crippen LogP contribution in [0.3, 0.4) is 0 Å². The fourth-order valence-electron chi connectivity index (χ4n) is 3.28. The van der Waals surface area contributed by atoms with Crippen LogP contribution in [0, 0.1) is 5.92 Å². The van der Waals surface area contributed by atoms with E-state index in [1.165, 1.54) is 25.1 Å². The van der Waals surface area contributed by atoms with E-state index in [0.717, 1.165) is 36.9 Å². The molecular weight excluding hydrogens is 288 g/mol. The quantitative estimate of drug-likeness (QED) is 0.849. The maximum atomic E-state index is 5.96. The van der Waals surface area contributed by atoms with Gasteiger partial charge in [0.2, 0.25) is 11.8 Å². The van der Waals surface area contributed by atoms with E-state index in [1.54, 1.807) is 0 Å². The molecule has 1 aromatic heterocycles. The zero-order chi connectivity index (χ0) is 15.8. The summed E-state index contributed by atoms with van der Waals surface area (Å²) < 4.78 is 5.96. The summed E-state index contributed by atoms with van der Waals surface area (Å²) in [7, 11) is 4.07. The monoisotopic (exact) mass is 312 g/mol. The number of benzene rings is 1. The van der Waals surface area contributed by atoms with Gasteiger partial charge < -0.3 is 14.2 Å². The van der Waals surface area contributed by atoms with E-state index < -0.39 is 0 Å². The Labute approximate surface area is 137 Å². The Kier molecular flexibility index (Phi) is 3.81. The summed E-state index contributed by atoms with van der Waals surface area (Å²) >= 11 is 0. The minimum atomic E-state index is 0.399.